The molecule has 2 aromatic carbocycles. The minimum absolute atomic E-state index is 0.112. The van der Waals surface area contributed by atoms with Crippen LogP contribution in [-0.4, -0.2) is 28.2 Å². The maximum Gasteiger partial charge on any atom is 0.240 e. The van der Waals surface area contributed by atoms with Gasteiger partial charge in [-0.05, 0) is 48.7 Å². The van der Waals surface area contributed by atoms with Crippen molar-refractivity contribution in [3.63, 3.8) is 0 Å². The molecular weight excluding hydrogens is 365 g/mol. The predicted molar refractivity (Wildman–Crippen MR) is 94.8 cm³/mol. The molecule has 3 rings (SSSR count). The molecule has 0 amide bonds. The van der Waals surface area contributed by atoms with Crippen LogP contribution in [0.1, 0.15) is 18.4 Å². The van der Waals surface area contributed by atoms with Crippen molar-refractivity contribution in [2.75, 3.05) is 19.8 Å². The van der Waals surface area contributed by atoms with Crippen LogP contribution in [0.25, 0.3) is 0 Å². The second kappa shape index (κ2) is 7.41. The molecule has 1 heterocycles. The van der Waals surface area contributed by atoms with E-state index >= 15 is 0 Å². The second-order valence-electron chi connectivity index (χ2n) is 6.18. The van der Waals surface area contributed by atoms with Gasteiger partial charge in [0.1, 0.15) is 5.82 Å². The van der Waals surface area contributed by atoms with Crippen molar-refractivity contribution in [1.29, 1.82) is 0 Å². The van der Waals surface area contributed by atoms with Gasteiger partial charge in [-0.25, -0.2) is 17.5 Å². The smallest absolute Gasteiger partial charge is 0.240 e. The zero-order chi connectivity index (χ0) is 17.9. The molecule has 134 valence electrons. The van der Waals surface area contributed by atoms with E-state index in [4.69, 9.17) is 16.3 Å². The van der Waals surface area contributed by atoms with E-state index in [2.05, 4.69) is 4.72 Å². The number of rotatable bonds is 5. The van der Waals surface area contributed by atoms with Crippen molar-refractivity contribution in [1.82, 2.24) is 4.72 Å². The minimum Gasteiger partial charge on any atom is -0.381 e. The van der Waals surface area contributed by atoms with E-state index in [1.54, 1.807) is 18.2 Å². The summed E-state index contributed by atoms with van der Waals surface area (Å²) in [5.74, 6) is -0.332. The van der Waals surface area contributed by atoms with Crippen LogP contribution < -0.4 is 4.72 Å². The number of halogens is 2. The Morgan fingerprint density at radius 2 is 1.84 bits per heavy atom. The van der Waals surface area contributed by atoms with E-state index in [0.29, 0.717) is 31.1 Å². The molecule has 4 nitrogen and oxygen atoms in total. The van der Waals surface area contributed by atoms with Gasteiger partial charge in [0.2, 0.25) is 10.0 Å². The Bertz CT molecular complexity index is 851. The molecule has 25 heavy (non-hydrogen) atoms. The molecule has 0 atom stereocenters. The van der Waals surface area contributed by atoms with Crippen LogP contribution in [0.5, 0.6) is 0 Å². The molecule has 0 radical (unpaired) electrons. The van der Waals surface area contributed by atoms with Crippen LogP contribution in [0.3, 0.4) is 0 Å². The molecule has 1 saturated heterocycles. The normalized spacial score (nSPS) is 17.4. The summed E-state index contributed by atoms with van der Waals surface area (Å²) in [6.07, 6.45) is 1.24. The van der Waals surface area contributed by atoms with Gasteiger partial charge in [0.05, 0.1) is 4.90 Å². The van der Waals surface area contributed by atoms with Gasteiger partial charge >= 0.3 is 0 Å². The summed E-state index contributed by atoms with van der Waals surface area (Å²) < 4.78 is 47.0. The van der Waals surface area contributed by atoms with Crippen molar-refractivity contribution in [2.24, 2.45) is 0 Å². The van der Waals surface area contributed by atoms with Crippen LogP contribution in [0.4, 0.5) is 4.39 Å². The Morgan fingerprint density at radius 3 is 2.52 bits per heavy atom. The van der Waals surface area contributed by atoms with E-state index in [0.717, 1.165) is 5.56 Å². The standard InChI is InChI=1S/C18H19ClFNO3S/c19-15-4-2-6-17(12-15)25(22,23)21-13-18(7-9-24-10-8-18)14-3-1-5-16(20)11-14/h1-6,11-12,21H,7-10,13H2. The zero-order valence-corrected chi connectivity index (χ0v) is 15.1. The van der Waals surface area contributed by atoms with Crippen LogP contribution >= 0.6 is 11.6 Å². The minimum atomic E-state index is -3.71. The van der Waals surface area contributed by atoms with Gasteiger partial charge in [-0.1, -0.05) is 29.8 Å². The summed E-state index contributed by atoms with van der Waals surface area (Å²) in [5, 5.41) is 0.355. The van der Waals surface area contributed by atoms with E-state index in [1.807, 2.05) is 6.07 Å². The fraction of sp³-hybridized carbons (Fsp3) is 0.333. The Labute approximate surface area is 152 Å². The van der Waals surface area contributed by atoms with Crippen molar-refractivity contribution in [2.45, 2.75) is 23.2 Å². The second-order valence-corrected chi connectivity index (χ2v) is 8.39. The highest BCUT2D eigenvalue weighted by molar-refractivity contribution is 7.89. The first-order chi connectivity index (χ1) is 11.9. The fourth-order valence-corrected chi connectivity index (χ4v) is 4.53. The topological polar surface area (TPSA) is 55.4 Å². The lowest BCUT2D eigenvalue weighted by molar-refractivity contribution is 0.0516. The van der Waals surface area contributed by atoms with E-state index in [-0.39, 0.29) is 17.3 Å². The molecular formula is C18H19ClFNO3S. The summed E-state index contributed by atoms with van der Waals surface area (Å²) in [6.45, 7) is 1.19. The predicted octanol–water partition coefficient (Wildman–Crippen LogP) is 3.51. The first-order valence-corrected chi connectivity index (χ1v) is 9.86. The number of nitrogens with one attached hydrogen (secondary N) is 1. The molecule has 1 N–H and O–H groups in total. The van der Waals surface area contributed by atoms with Crippen LogP contribution in [0.2, 0.25) is 5.02 Å². The molecule has 1 fully saturated rings. The van der Waals surface area contributed by atoms with Gasteiger partial charge in [-0.3, -0.25) is 0 Å². The molecule has 0 aromatic heterocycles. The monoisotopic (exact) mass is 383 g/mol. The lowest BCUT2D eigenvalue weighted by Crippen LogP contribution is -2.44. The number of hydrogen-bond acceptors (Lipinski definition) is 3. The average molecular weight is 384 g/mol. The summed E-state index contributed by atoms with van der Waals surface area (Å²) in [6, 6.07) is 12.4. The summed E-state index contributed by atoms with van der Waals surface area (Å²) in [7, 11) is -3.71. The zero-order valence-electron chi connectivity index (χ0n) is 13.5. The fourth-order valence-electron chi connectivity index (χ4n) is 3.10. The molecule has 1 aliphatic rings. The highest BCUT2D eigenvalue weighted by atomic mass is 35.5. The third-order valence-corrected chi connectivity index (χ3v) is 6.23. The van der Waals surface area contributed by atoms with Crippen LogP contribution in [-0.2, 0) is 20.2 Å². The first-order valence-electron chi connectivity index (χ1n) is 8.00. The number of benzene rings is 2. The lowest BCUT2D eigenvalue weighted by atomic mass is 9.74. The summed E-state index contributed by atoms with van der Waals surface area (Å²) >= 11 is 5.89. The molecule has 1 aliphatic heterocycles. The quantitative estimate of drug-likeness (QED) is 0.859. The molecule has 0 saturated carbocycles. The Balaban J connectivity index is 1.86. The first kappa shape index (κ1) is 18.3. The van der Waals surface area contributed by atoms with Gasteiger partial charge in [0.25, 0.3) is 0 Å². The summed E-state index contributed by atoms with van der Waals surface area (Å²) in [4.78, 5) is 0.112. The SMILES string of the molecule is O=S(=O)(NCC1(c2cccc(F)c2)CCOCC1)c1cccc(Cl)c1. The maximum absolute atomic E-state index is 13.7. The van der Waals surface area contributed by atoms with E-state index < -0.39 is 15.4 Å². The molecule has 0 spiro atoms. The van der Waals surface area contributed by atoms with Gasteiger partial charge in [-0.15, -0.1) is 0 Å². The highest BCUT2D eigenvalue weighted by Gasteiger charge is 2.36. The third-order valence-electron chi connectivity index (χ3n) is 4.59. The third kappa shape index (κ3) is 4.20. The van der Waals surface area contributed by atoms with Crippen molar-refractivity contribution >= 4 is 21.6 Å². The van der Waals surface area contributed by atoms with Crippen LogP contribution in [0.15, 0.2) is 53.4 Å². The molecule has 7 heteroatoms. The largest absolute Gasteiger partial charge is 0.381 e. The average Bonchev–Trinajstić information content (AvgIpc) is 2.61. The Hall–Kier alpha value is -1.47. The molecule has 2 aromatic rings. The maximum atomic E-state index is 13.7. The van der Waals surface area contributed by atoms with Gasteiger partial charge in [0, 0.05) is 30.2 Å². The van der Waals surface area contributed by atoms with E-state index in [1.165, 1.54) is 24.3 Å². The van der Waals surface area contributed by atoms with Crippen LogP contribution in [0, 0.1) is 5.82 Å². The highest BCUT2D eigenvalue weighted by Crippen LogP contribution is 2.35. The Morgan fingerprint density at radius 1 is 1.12 bits per heavy atom. The lowest BCUT2D eigenvalue weighted by Gasteiger charge is -2.37. The van der Waals surface area contributed by atoms with Crippen molar-refractivity contribution < 1.29 is 17.5 Å². The number of hydrogen-bond donors (Lipinski definition) is 1. The van der Waals surface area contributed by atoms with Gasteiger partial charge in [-0.2, -0.15) is 0 Å². The molecule has 0 bridgehead atoms. The summed E-state index contributed by atoms with van der Waals surface area (Å²) in [5.41, 5.74) is 0.288. The van der Waals surface area contributed by atoms with Crippen molar-refractivity contribution in [3.8, 4) is 0 Å². The van der Waals surface area contributed by atoms with E-state index in [9.17, 15) is 12.8 Å². The number of ether oxygens (including phenoxy) is 1. The van der Waals surface area contributed by atoms with Gasteiger partial charge in [0.15, 0.2) is 0 Å². The Kier molecular flexibility index (Phi) is 5.43. The van der Waals surface area contributed by atoms with Crippen molar-refractivity contribution in [3.05, 3.63) is 64.9 Å². The van der Waals surface area contributed by atoms with Gasteiger partial charge < -0.3 is 4.74 Å². The number of sulfonamides is 1. The molecule has 0 unspecified atom stereocenters. The molecule has 0 aliphatic carbocycles.